The van der Waals surface area contributed by atoms with Crippen LogP contribution in [0, 0.1) is 12.3 Å². The summed E-state index contributed by atoms with van der Waals surface area (Å²) < 4.78 is 1.92. The van der Waals surface area contributed by atoms with E-state index in [9.17, 15) is 0 Å². The van der Waals surface area contributed by atoms with Gasteiger partial charge < -0.3 is 16.2 Å². The fraction of sp³-hybridized carbons (Fsp3) is 0.769. The highest BCUT2D eigenvalue weighted by Crippen LogP contribution is 2.28. The number of nitrogens with one attached hydrogen (secondary N) is 1. The number of nitrogen functional groups attached to an aromatic ring is 1. The van der Waals surface area contributed by atoms with Crippen LogP contribution in [-0.2, 0) is 0 Å². The Hall–Kier alpha value is -1.23. The Morgan fingerprint density at radius 2 is 2.06 bits per heavy atom. The van der Waals surface area contributed by atoms with E-state index in [1.807, 2.05) is 11.6 Å². The van der Waals surface area contributed by atoms with Crippen LogP contribution < -0.4 is 11.1 Å². The minimum Gasteiger partial charge on any atom is -0.396 e. The molecule has 18 heavy (non-hydrogen) atoms. The number of rotatable bonds is 6. The average Bonchev–Trinajstić information content (AvgIpc) is 2.53. The zero-order valence-corrected chi connectivity index (χ0v) is 12.1. The van der Waals surface area contributed by atoms with Crippen LogP contribution in [0.3, 0.4) is 0 Å². The number of hydrogen-bond acceptors (Lipinski definition) is 4. The number of aliphatic hydroxyl groups excluding tert-OH is 1. The van der Waals surface area contributed by atoms with Crippen LogP contribution in [0.1, 0.15) is 45.9 Å². The van der Waals surface area contributed by atoms with Gasteiger partial charge in [0, 0.05) is 19.2 Å². The summed E-state index contributed by atoms with van der Waals surface area (Å²) in [5, 5.41) is 16.8. The second-order valence-electron chi connectivity index (χ2n) is 5.88. The third-order valence-corrected chi connectivity index (χ3v) is 3.14. The highest BCUT2D eigenvalue weighted by atomic mass is 16.3. The maximum absolute atomic E-state index is 9.03. The zero-order chi connectivity index (χ0) is 13.9. The van der Waals surface area contributed by atoms with Crippen molar-refractivity contribution in [1.29, 1.82) is 0 Å². The van der Waals surface area contributed by atoms with Gasteiger partial charge in [-0.2, -0.15) is 5.10 Å². The summed E-state index contributed by atoms with van der Waals surface area (Å²) in [7, 11) is 0. The van der Waals surface area contributed by atoms with Gasteiger partial charge in [-0.05, 0) is 32.6 Å². The van der Waals surface area contributed by atoms with Gasteiger partial charge >= 0.3 is 0 Å². The predicted molar refractivity (Wildman–Crippen MR) is 75.7 cm³/mol. The van der Waals surface area contributed by atoms with Gasteiger partial charge in [0.2, 0.25) is 0 Å². The van der Waals surface area contributed by atoms with E-state index in [1.54, 1.807) is 0 Å². The Labute approximate surface area is 109 Å². The molecule has 1 aromatic heterocycles. The fourth-order valence-electron chi connectivity index (χ4n) is 1.82. The van der Waals surface area contributed by atoms with E-state index in [1.165, 1.54) is 0 Å². The third kappa shape index (κ3) is 3.38. The lowest BCUT2D eigenvalue weighted by atomic mass is 9.90. The second kappa shape index (κ2) is 5.61. The Kier molecular flexibility index (Phi) is 4.62. The average molecular weight is 254 g/mol. The van der Waals surface area contributed by atoms with E-state index < -0.39 is 0 Å². The molecule has 1 rings (SSSR count). The summed E-state index contributed by atoms with van der Waals surface area (Å²) in [6.07, 6.45) is 0.759. The largest absolute Gasteiger partial charge is 0.396 e. The number of nitrogens with zero attached hydrogens (tertiary/aromatic N) is 2. The van der Waals surface area contributed by atoms with E-state index in [2.05, 4.69) is 38.1 Å². The lowest BCUT2D eigenvalue weighted by Crippen LogP contribution is -2.26. The molecule has 1 aromatic rings. The van der Waals surface area contributed by atoms with Crippen molar-refractivity contribution in [2.45, 2.75) is 47.1 Å². The van der Waals surface area contributed by atoms with Crippen molar-refractivity contribution in [2.75, 3.05) is 24.2 Å². The van der Waals surface area contributed by atoms with Crippen LogP contribution >= 0.6 is 0 Å². The predicted octanol–water partition coefficient (Wildman–Crippen LogP) is 2.18. The molecule has 4 N–H and O–H groups in total. The van der Waals surface area contributed by atoms with Crippen LogP contribution in [-0.4, -0.2) is 28.0 Å². The highest BCUT2D eigenvalue weighted by molar-refractivity contribution is 5.64. The van der Waals surface area contributed by atoms with Gasteiger partial charge in [-0.25, -0.2) is 4.68 Å². The molecule has 0 spiro atoms. The molecule has 0 aliphatic heterocycles. The first-order valence-electron chi connectivity index (χ1n) is 6.48. The number of hydrogen-bond donors (Lipinski definition) is 3. The first-order chi connectivity index (χ1) is 8.28. The van der Waals surface area contributed by atoms with Crippen LogP contribution in [0.25, 0.3) is 0 Å². The van der Waals surface area contributed by atoms with Gasteiger partial charge in [0.25, 0.3) is 0 Å². The topological polar surface area (TPSA) is 76.1 Å². The smallest absolute Gasteiger partial charge is 0.148 e. The summed E-state index contributed by atoms with van der Waals surface area (Å²) in [4.78, 5) is 0. The van der Waals surface area contributed by atoms with E-state index in [-0.39, 0.29) is 18.1 Å². The lowest BCUT2D eigenvalue weighted by Gasteiger charge is -2.25. The first kappa shape index (κ1) is 14.8. The zero-order valence-electron chi connectivity index (χ0n) is 12.1. The minimum absolute atomic E-state index is 0.0289. The van der Waals surface area contributed by atoms with Crippen molar-refractivity contribution in [3.8, 4) is 0 Å². The maximum Gasteiger partial charge on any atom is 0.148 e. The molecular formula is C13H26N4O. The molecule has 0 amide bonds. The number of anilines is 2. The van der Waals surface area contributed by atoms with Crippen molar-refractivity contribution in [1.82, 2.24) is 9.78 Å². The standard InChI is InChI=1S/C13H26N4O/c1-9(2)17-12(11(14)10(3)16-17)15-8-13(4,5)6-7-18/h9,15,18H,6-8,14H2,1-5H3. The molecule has 0 unspecified atom stereocenters. The summed E-state index contributed by atoms with van der Waals surface area (Å²) in [6.45, 7) is 11.3. The first-order valence-corrected chi connectivity index (χ1v) is 6.48. The third-order valence-electron chi connectivity index (χ3n) is 3.14. The van der Waals surface area contributed by atoms with Gasteiger partial charge in [-0.15, -0.1) is 0 Å². The Morgan fingerprint density at radius 1 is 1.44 bits per heavy atom. The Balaban J connectivity index is 2.84. The molecule has 0 atom stereocenters. The van der Waals surface area contributed by atoms with Crippen molar-refractivity contribution in [2.24, 2.45) is 5.41 Å². The van der Waals surface area contributed by atoms with Crippen molar-refractivity contribution in [3.05, 3.63) is 5.69 Å². The molecule has 5 nitrogen and oxygen atoms in total. The lowest BCUT2D eigenvalue weighted by molar-refractivity contribution is 0.220. The Morgan fingerprint density at radius 3 is 2.56 bits per heavy atom. The molecule has 0 aliphatic rings. The maximum atomic E-state index is 9.03. The molecular weight excluding hydrogens is 228 g/mol. The molecule has 104 valence electrons. The molecule has 0 aliphatic carbocycles. The number of aromatic nitrogens is 2. The highest BCUT2D eigenvalue weighted by Gasteiger charge is 2.20. The number of aryl methyl sites for hydroxylation is 1. The normalized spacial score (nSPS) is 12.2. The molecule has 0 saturated carbocycles. The molecule has 0 saturated heterocycles. The SMILES string of the molecule is Cc1nn(C(C)C)c(NCC(C)(C)CCO)c1N. The molecule has 0 bridgehead atoms. The van der Waals surface area contributed by atoms with E-state index in [4.69, 9.17) is 10.8 Å². The second-order valence-corrected chi connectivity index (χ2v) is 5.88. The quantitative estimate of drug-likeness (QED) is 0.727. The van der Waals surface area contributed by atoms with Crippen LogP contribution in [0.2, 0.25) is 0 Å². The van der Waals surface area contributed by atoms with E-state index >= 15 is 0 Å². The van der Waals surface area contributed by atoms with Crippen molar-refractivity contribution in [3.63, 3.8) is 0 Å². The Bertz CT molecular complexity index is 396. The summed E-state index contributed by atoms with van der Waals surface area (Å²) >= 11 is 0. The number of nitrogens with two attached hydrogens (primary N) is 1. The molecule has 0 radical (unpaired) electrons. The minimum atomic E-state index is 0.0289. The molecule has 5 heteroatoms. The molecule has 0 fully saturated rings. The summed E-state index contributed by atoms with van der Waals surface area (Å²) in [5.74, 6) is 0.883. The molecule has 1 heterocycles. The van der Waals surface area contributed by atoms with Gasteiger partial charge in [-0.3, -0.25) is 0 Å². The van der Waals surface area contributed by atoms with Crippen LogP contribution in [0.4, 0.5) is 11.5 Å². The summed E-state index contributed by atoms with van der Waals surface area (Å²) in [6, 6.07) is 0.268. The molecule has 0 aromatic carbocycles. The van der Waals surface area contributed by atoms with Gasteiger partial charge in [-0.1, -0.05) is 13.8 Å². The van der Waals surface area contributed by atoms with Crippen molar-refractivity contribution < 1.29 is 5.11 Å². The summed E-state index contributed by atoms with van der Waals surface area (Å²) in [5.41, 5.74) is 7.64. The van der Waals surface area contributed by atoms with Crippen LogP contribution in [0.5, 0.6) is 0 Å². The van der Waals surface area contributed by atoms with Crippen LogP contribution in [0.15, 0.2) is 0 Å². The van der Waals surface area contributed by atoms with Gasteiger partial charge in [0.15, 0.2) is 0 Å². The van der Waals surface area contributed by atoms with E-state index in [0.29, 0.717) is 5.69 Å². The monoisotopic (exact) mass is 254 g/mol. The fourth-order valence-corrected chi connectivity index (χ4v) is 1.82. The van der Waals surface area contributed by atoms with Gasteiger partial charge in [0.05, 0.1) is 11.4 Å². The van der Waals surface area contributed by atoms with E-state index in [0.717, 1.165) is 24.5 Å². The number of aliphatic hydroxyl groups is 1. The van der Waals surface area contributed by atoms with Gasteiger partial charge in [0.1, 0.15) is 5.82 Å². The van der Waals surface area contributed by atoms with Crippen molar-refractivity contribution >= 4 is 11.5 Å².